The van der Waals surface area contributed by atoms with Crippen LogP contribution in [0.5, 0.6) is 0 Å². The highest BCUT2D eigenvalue weighted by Crippen LogP contribution is 2.60. The molecule has 0 saturated heterocycles. The van der Waals surface area contributed by atoms with Gasteiger partial charge in [0, 0.05) is 24.8 Å². The molecule has 21 heavy (non-hydrogen) atoms. The molecule has 0 aliphatic heterocycles. The van der Waals surface area contributed by atoms with Gasteiger partial charge in [0.1, 0.15) is 0 Å². The maximum Gasteiger partial charge on any atom is 0.347 e. The van der Waals surface area contributed by atoms with Gasteiger partial charge in [-0.3, -0.25) is 0 Å². The van der Waals surface area contributed by atoms with E-state index in [9.17, 15) is 0 Å². The van der Waals surface area contributed by atoms with Gasteiger partial charge in [0.05, 0.1) is 0 Å². The van der Waals surface area contributed by atoms with Crippen molar-refractivity contribution in [1.29, 1.82) is 0 Å². The van der Waals surface area contributed by atoms with Crippen LogP contribution in [-0.4, -0.2) is 22.8 Å². The van der Waals surface area contributed by atoms with Gasteiger partial charge in [-0.2, -0.15) is 0 Å². The quantitative estimate of drug-likeness (QED) is 0.605. The molecule has 1 aliphatic rings. The summed E-state index contributed by atoms with van der Waals surface area (Å²) in [5, 5.41) is 0.0991. The first kappa shape index (κ1) is 19.2. The highest BCUT2D eigenvalue weighted by molar-refractivity contribution is 6.72. The van der Waals surface area contributed by atoms with Crippen molar-refractivity contribution in [3.8, 4) is 0 Å². The Bertz CT molecular complexity index is 336. The average molecular weight is 315 g/mol. The summed E-state index contributed by atoms with van der Waals surface area (Å²) < 4.78 is 12.6. The molecule has 5 atom stereocenters. The van der Waals surface area contributed by atoms with Gasteiger partial charge >= 0.3 is 8.56 Å². The number of hydrogen-bond acceptors (Lipinski definition) is 2. The number of hydrogen-bond donors (Lipinski definition) is 0. The summed E-state index contributed by atoms with van der Waals surface area (Å²) in [6, 6.07) is 0. The standard InChI is InChI=1S/C18H38O2Si/c1-12(2)16(6)18(7,8)21(19-9,20-10)17-14(4)11-13(3)15(17)5/h12-17H,11H2,1-10H3. The van der Waals surface area contributed by atoms with Crippen LogP contribution in [0.2, 0.25) is 10.6 Å². The van der Waals surface area contributed by atoms with Crippen molar-refractivity contribution >= 4 is 8.56 Å². The minimum Gasteiger partial charge on any atom is -0.397 e. The van der Waals surface area contributed by atoms with Crippen LogP contribution in [0, 0.1) is 29.6 Å². The molecule has 3 heteroatoms. The molecule has 0 N–H and O–H groups in total. The van der Waals surface area contributed by atoms with Crippen LogP contribution in [0.15, 0.2) is 0 Å². The molecule has 1 saturated carbocycles. The van der Waals surface area contributed by atoms with E-state index in [0.29, 0.717) is 29.2 Å². The molecular formula is C18H38O2Si. The lowest BCUT2D eigenvalue weighted by Gasteiger charge is -2.51. The molecule has 0 radical (unpaired) electrons. The summed E-state index contributed by atoms with van der Waals surface area (Å²) in [5.41, 5.74) is 0.582. The lowest BCUT2D eigenvalue weighted by Crippen LogP contribution is -2.58. The number of rotatable bonds is 6. The van der Waals surface area contributed by atoms with Crippen molar-refractivity contribution in [1.82, 2.24) is 0 Å². The van der Waals surface area contributed by atoms with Crippen LogP contribution in [0.4, 0.5) is 0 Å². The van der Waals surface area contributed by atoms with Gasteiger partial charge in [0.25, 0.3) is 0 Å². The highest BCUT2D eigenvalue weighted by Gasteiger charge is 2.63. The molecule has 0 bridgehead atoms. The molecule has 0 heterocycles. The lowest BCUT2D eigenvalue weighted by atomic mass is 9.86. The summed E-state index contributed by atoms with van der Waals surface area (Å²) in [6.07, 6.45) is 1.31. The summed E-state index contributed by atoms with van der Waals surface area (Å²) in [6.45, 7) is 19.0. The van der Waals surface area contributed by atoms with E-state index in [1.54, 1.807) is 0 Å². The van der Waals surface area contributed by atoms with Gasteiger partial charge in [0.15, 0.2) is 0 Å². The molecule has 0 aromatic rings. The molecule has 2 nitrogen and oxygen atoms in total. The van der Waals surface area contributed by atoms with Gasteiger partial charge in [-0.05, 0) is 36.0 Å². The van der Waals surface area contributed by atoms with Crippen LogP contribution < -0.4 is 0 Å². The minimum atomic E-state index is -2.33. The van der Waals surface area contributed by atoms with Crippen molar-refractivity contribution in [3.63, 3.8) is 0 Å². The Labute approximate surface area is 134 Å². The molecule has 126 valence electrons. The van der Waals surface area contributed by atoms with Crippen LogP contribution in [-0.2, 0) is 8.85 Å². The Hall–Kier alpha value is 0.137. The zero-order valence-electron chi connectivity index (χ0n) is 16.0. The molecule has 0 aromatic heterocycles. The summed E-state index contributed by atoms with van der Waals surface area (Å²) in [4.78, 5) is 0. The van der Waals surface area contributed by atoms with Crippen molar-refractivity contribution in [2.75, 3.05) is 14.2 Å². The SMILES string of the molecule is CO[Si](OC)(C1C(C)CC(C)C1C)C(C)(C)C(C)C(C)C. The van der Waals surface area contributed by atoms with Crippen LogP contribution >= 0.6 is 0 Å². The van der Waals surface area contributed by atoms with Gasteiger partial charge < -0.3 is 8.85 Å². The van der Waals surface area contributed by atoms with E-state index in [2.05, 4.69) is 55.4 Å². The Balaban J connectivity index is 3.31. The average Bonchev–Trinajstić information content (AvgIpc) is 2.66. The Morgan fingerprint density at radius 2 is 1.43 bits per heavy atom. The molecule has 5 unspecified atom stereocenters. The third-order valence-electron chi connectivity index (χ3n) is 6.90. The van der Waals surface area contributed by atoms with Crippen LogP contribution in [0.1, 0.15) is 61.8 Å². The maximum absolute atomic E-state index is 6.31. The van der Waals surface area contributed by atoms with E-state index < -0.39 is 8.56 Å². The smallest absolute Gasteiger partial charge is 0.347 e. The minimum absolute atomic E-state index is 0.0991. The first-order chi connectivity index (χ1) is 9.56. The summed E-state index contributed by atoms with van der Waals surface area (Å²) in [7, 11) is 1.46. The van der Waals surface area contributed by atoms with E-state index in [-0.39, 0.29) is 5.04 Å². The van der Waals surface area contributed by atoms with E-state index in [4.69, 9.17) is 8.85 Å². The largest absolute Gasteiger partial charge is 0.397 e. The second kappa shape index (κ2) is 6.72. The van der Waals surface area contributed by atoms with E-state index in [0.717, 1.165) is 5.92 Å². The zero-order chi connectivity index (χ0) is 16.6. The Morgan fingerprint density at radius 3 is 1.71 bits per heavy atom. The molecule has 0 spiro atoms. The Morgan fingerprint density at radius 1 is 0.952 bits per heavy atom. The molecule has 0 aromatic carbocycles. The Kier molecular flexibility index (Phi) is 6.14. The third-order valence-corrected chi connectivity index (χ3v) is 12.3. The fourth-order valence-corrected chi connectivity index (χ4v) is 10.5. The van der Waals surface area contributed by atoms with Gasteiger partial charge in [-0.25, -0.2) is 0 Å². The highest BCUT2D eigenvalue weighted by atomic mass is 28.4. The normalized spacial score (nSPS) is 32.7. The van der Waals surface area contributed by atoms with Gasteiger partial charge in [-0.15, -0.1) is 0 Å². The van der Waals surface area contributed by atoms with Crippen LogP contribution in [0.25, 0.3) is 0 Å². The van der Waals surface area contributed by atoms with E-state index >= 15 is 0 Å². The van der Waals surface area contributed by atoms with Crippen molar-refractivity contribution < 1.29 is 8.85 Å². The molecule has 1 fully saturated rings. The summed E-state index contributed by atoms with van der Waals surface area (Å²) >= 11 is 0. The van der Waals surface area contributed by atoms with Crippen molar-refractivity contribution in [2.24, 2.45) is 29.6 Å². The van der Waals surface area contributed by atoms with E-state index in [1.807, 2.05) is 14.2 Å². The van der Waals surface area contributed by atoms with E-state index in [1.165, 1.54) is 6.42 Å². The fraction of sp³-hybridized carbons (Fsp3) is 1.00. The topological polar surface area (TPSA) is 18.5 Å². The predicted octanol–water partition coefficient (Wildman–Crippen LogP) is 5.48. The molecule has 0 amide bonds. The molecular weight excluding hydrogens is 276 g/mol. The van der Waals surface area contributed by atoms with Crippen LogP contribution in [0.3, 0.4) is 0 Å². The zero-order valence-corrected chi connectivity index (χ0v) is 17.0. The first-order valence-corrected chi connectivity index (χ1v) is 10.6. The summed E-state index contributed by atoms with van der Waals surface area (Å²) in [5.74, 6) is 3.37. The second-order valence-corrected chi connectivity index (χ2v) is 12.5. The van der Waals surface area contributed by atoms with Crippen molar-refractivity contribution in [3.05, 3.63) is 0 Å². The van der Waals surface area contributed by atoms with Gasteiger partial charge in [-0.1, -0.05) is 55.4 Å². The molecule has 1 rings (SSSR count). The lowest BCUT2D eigenvalue weighted by molar-refractivity contribution is 0.148. The monoisotopic (exact) mass is 314 g/mol. The molecule has 1 aliphatic carbocycles. The maximum atomic E-state index is 6.31. The third kappa shape index (κ3) is 2.98. The van der Waals surface area contributed by atoms with Crippen molar-refractivity contribution in [2.45, 2.75) is 72.4 Å². The van der Waals surface area contributed by atoms with Gasteiger partial charge in [0.2, 0.25) is 0 Å². The fourth-order valence-electron chi connectivity index (χ4n) is 5.00. The predicted molar refractivity (Wildman–Crippen MR) is 93.7 cm³/mol. The first-order valence-electron chi connectivity index (χ1n) is 8.67. The second-order valence-electron chi connectivity index (χ2n) is 8.41.